The van der Waals surface area contributed by atoms with Crippen molar-refractivity contribution in [3.63, 3.8) is 0 Å². The van der Waals surface area contributed by atoms with Gasteiger partial charge in [0.2, 0.25) is 11.8 Å². The maximum absolute atomic E-state index is 12.4. The molecule has 1 N–H and O–H groups in total. The predicted molar refractivity (Wildman–Crippen MR) is 89.7 cm³/mol. The number of benzene rings is 1. The first-order valence-electron chi connectivity index (χ1n) is 7.81. The molecule has 0 unspecified atom stereocenters. The number of nitrogens with zero attached hydrogens (tertiary/aromatic N) is 1. The lowest BCUT2D eigenvalue weighted by Gasteiger charge is -2.28. The lowest BCUT2D eigenvalue weighted by atomic mass is 10.1. The van der Waals surface area contributed by atoms with Gasteiger partial charge in [0.25, 0.3) is 0 Å². The summed E-state index contributed by atoms with van der Waals surface area (Å²) in [5.41, 5.74) is 0.923. The smallest absolute Gasteiger partial charge is 0.242 e. The quantitative estimate of drug-likeness (QED) is 0.797. The molecular weight excluding hydrogens is 300 g/mol. The number of halogens is 1. The van der Waals surface area contributed by atoms with Gasteiger partial charge in [0.1, 0.15) is 6.04 Å². The summed E-state index contributed by atoms with van der Waals surface area (Å²) < 4.78 is 0. The molecule has 0 saturated heterocycles. The fraction of sp³-hybridized carbons (Fsp3) is 0.529. The van der Waals surface area contributed by atoms with Crippen molar-refractivity contribution in [3.8, 4) is 0 Å². The highest BCUT2D eigenvalue weighted by molar-refractivity contribution is 6.30. The molecule has 0 heterocycles. The van der Waals surface area contributed by atoms with Crippen LogP contribution in [0.4, 0.5) is 0 Å². The molecule has 0 spiro atoms. The fourth-order valence-corrected chi connectivity index (χ4v) is 2.38. The first-order valence-corrected chi connectivity index (χ1v) is 8.19. The molecule has 0 aliphatic heterocycles. The van der Waals surface area contributed by atoms with Crippen LogP contribution in [0.5, 0.6) is 0 Å². The van der Waals surface area contributed by atoms with Crippen molar-refractivity contribution in [2.45, 2.75) is 52.6 Å². The summed E-state index contributed by atoms with van der Waals surface area (Å²) in [5.74, 6) is -0.130. The van der Waals surface area contributed by atoms with Crippen LogP contribution in [-0.2, 0) is 16.1 Å². The molecule has 1 aromatic carbocycles. The van der Waals surface area contributed by atoms with Crippen molar-refractivity contribution in [1.82, 2.24) is 10.2 Å². The van der Waals surface area contributed by atoms with Crippen molar-refractivity contribution < 1.29 is 9.59 Å². The maximum atomic E-state index is 12.4. The molecule has 0 aromatic heterocycles. The Morgan fingerprint density at radius 2 is 2.00 bits per heavy atom. The molecule has 0 bridgehead atoms. The zero-order valence-corrected chi connectivity index (χ0v) is 14.3. The van der Waals surface area contributed by atoms with Gasteiger partial charge >= 0.3 is 0 Å². The summed E-state index contributed by atoms with van der Waals surface area (Å²) in [7, 11) is 0. The molecule has 0 aliphatic rings. The van der Waals surface area contributed by atoms with Gasteiger partial charge in [0.05, 0.1) is 0 Å². The average Bonchev–Trinajstić information content (AvgIpc) is 2.49. The number of nitrogens with one attached hydrogen (secondary N) is 1. The Bertz CT molecular complexity index is 505. The van der Waals surface area contributed by atoms with Gasteiger partial charge in [-0.1, -0.05) is 37.6 Å². The number of hydrogen-bond acceptors (Lipinski definition) is 2. The number of rotatable bonds is 8. The van der Waals surface area contributed by atoms with Crippen LogP contribution >= 0.6 is 11.6 Å². The molecule has 4 nitrogen and oxygen atoms in total. The van der Waals surface area contributed by atoms with Crippen molar-refractivity contribution in [3.05, 3.63) is 34.9 Å². The summed E-state index contributed by atoms with van der Waals surface area (Å²) in [6.45, 7) is 6.73. The van der Waals surface area contributed by atoms with Gasteiger partial charge in [-0.25, -0.2) is 0 Å². The van der Waals surface area contributed by atoms with Crippen molar-refractivity contribution in [2.24, 2.45) is 0 Å². The van der Waals surface area contributed by atoms with E-state index >= 15 is 0 Å². The van der Waals surface area contributed by atoms with Crippen LogP contribution in [0.2, 0.25) is 5.02 Å². The molecule has 5 heteroatoms. The summed E-state index contributed by atoms with van der Waals surface area (Å²) >= 11 is 6.00. The van der Waals surface area contributed by atoms with E-state index in [-0.39, 0.29) is 11.8 Å². The Hall–Kier alpha value is -1.55. The number of amides is 2. The minimum atomic E-state index is -0.496. The Labute approximate surface area is 137 Å². The summed E-state index contributed by atoms with van der Waals surface area (Å²) in [5, 5.41) is 3.48. The second-order valence-electron chi connectivity index (χ2n) is 5.37. The van der Waals surface area contributed by atoms with Gasteiger partial charge in [-0.3, -0.25) is 9.59 Å². The first-order chi connectivity index (χ1) is 10.5. The van der Waals surface area contributed by atoms with E-state index in [1.807, 2.05) is 32.0 Å². The van der Waals surface area contributed by atoms with Gasteiger partial charge in [-0.05, 0) is 37.5 Å². The van der Waals surface area contributed by atoms with Crippen LogP contribution in [0, 0.1) is 0 Å². The van der Waals surface area contributed by atoms with Gasteiger partial charge in [-0.2, -0.15) is 0 Å². The van der Waals surface area contributed by atoms with Crippen molar-refractivity contribution in [1.29, 1.82) is 0 Å². The lowest BCUT2D eigenvalue weighted by molar-refractivity contribution is -0.140. The molecule has 0 saturated carbocycles. The van der Waals surface area contributed by atoms with E-state index in [0.29, 0.717) is 24.5 Å². The van der Waals surface area contributed by atoms with E-state index in [1.54, 1.807) is 17.9 Å². The highest BCUT2D eigenvalue weighted by Gasteiger charge is 2.25. The lowest BCUT2D eigenvalue weighted by Crippen LogP contribution is -2.47. The molecule has 1 rings (SSSR count). The summed E-state index contributed by atoms with van der Waals surface area (Å²) in [4.78, 5) is 26.2. The minimum Gasteiger partial charge on any atom is -0.354 e. The largest absolute Gasteiger partial charge is 0.354 e. The minimum absolute atomic E-state index is 0.0124. The molecule has 0 fully saturated rings. The van der Waals surface area contributed by atoms with E-state index < -0.39 is 6.04 Å². The average molecular weight is 325 g/mol. The van der Waals surface area contributed by atoms with Crippen LogP contribution in [0.15, 0.2) is 24.3 Å². The molecule has 1 atom stereocenters. The zero-order chi connectivity index (χ0) is 16.5. The van der Waals surface area contributed by atoms with E-state index in [9.17, 15) is 9.59 Å². The number of carbonyl (C=O) groups excluding carboxylic acids is 2. The first kappa shape index (κ1) is 18.5. The molecule has 22 heavy (non-hydrogen) atoms. The standard InChI is InChI=1S/C17H25ClN2O2/c1-4-7-16(21)20(13(3)17(22)19-10-5-2)12-14-8-6-9-15(18)11-14/h6,8-9,11,13H,4-5,7,10,12H2,1-3H3,(H,19,22)/t13-/m1/s1. The molecule has 0 radical (unpaired) electrons. The third kappa shape index (κ3) is 5.68. The van der Waals surface area contributed by atoms with Crippen molar-refractivity contribution >= 4 is 23.4 Å². The number of carbonyl (C=O) groups is 2. The van der Waals surface area contributed by atoms with Crippen LogP contribution in [0.3, 0.4) is 0 Å². The Kier molecular flexibility index (Phi) is 7.96. The van der Waals surface area contributed by atoms with Gasteiger partial charge in [0.15, 0.2) is 0 Å². The summed E-state index contributed by atoms with van der Waals surface area (Å²) in [6.07, 6.45) is 2.07. The van der Waals surface area contributed by atoms with Gasteiger partial charge in [-0.15, -0.1) is 0 Å². The number of hydrogen-bond donors (Lipinski definition) is 1. The van der Waals surface area contributed by atoms with E-state index in [1.165, 1.54) is 0 Å². The SMILES string of the molecule is CCCNC(=O)[C@@H](C)N(Cc1cccc(Cl)c1)C(=O)CCC. The third-order valence-corrected chi connectivity index (χ3v) is 3.66. The van der Waals surface area contributed by atoms with Crippen LogP contribution < -0.4 is 5.32 Å². The Morgan fingerprint density at radius 3 is 2.59 bits per heavy atom. The molecule has 0 aliphatic carbocycles. The van der Waals surface area contributed by atoms with Gasteiger partial charge < -0.3 is 10.2 Å². The third-order valence-electron chi connectivity index (χ3n) is 3.42. The van der Waals surface area contributed by atoms with Crippen LogP contribution in [-0.4, -0.2) is 29.3 Å². The highest BCUT2D eigenvalue weighted by atomic mass is 35.5. The highest BCUT2D eigenvalue weighted by Crippen LogP contribution is 2.15. The van der Waals surface area contributed by atoms with Crippen molar-refractivity contribution in [2.75, 3.05) is 6.54 Å². The summed E-state index contributed by atoms with van der Waals surface area (Å²) in [6, 6.07) is 6.88. The maximum Gasteiger partial charge on any atom is 0.242 e. The zero-order valence-electron chi connectivity index (χ0n) is 13.6. The van der Waals surface area contributed by atoms with E-state index in [4.69, 9.17) is 11.6 Å². The Morgan fingerprint density at radius 1 is 1.27 bits per heavy atom. The topological polar surface area (TPSA) is 49.4 Å². The van der Waals surface area contributed by atoms with Crippen LogP contribution in [0.1, 0.15) is 45.6 Å². The fourth-order valence-electron chi connectivity index (χ4n) is 2.17. The second-order valence-corrected chi connectivity index (χ2v) is 5.80. The predicted octanol–water partition coefficient (Wildman–Crippen LogP) is 3.38. The molecular formula is C17H25ClN2O2. The van der Waals surface area contributed by atoms with E-state index in [0.717, 1.165) is 18.4 Å². The Balaban J connectivity index is 2.87. The molecule has 1 aromatic rings. The van der Waals surface area contributed by atoms with E-state index in [2.05, 4.69) is 5.32 Å². The van der Waals surface area contributed by atoms with Crippen LogP contribution in [0.25, 0.3) is 0 Å². The van der Waals surface area contributed by atoms with Gasteiger partial charge in [0, 0.05) is 24.5 Å². The second kappa shape index (κ2) is 9.46. The molecule has 2 amide bonds. The normalized spacial score (nSPS) is 11.8. The monoisotopic (exact) mass is 324 g/mol. The molecule has 122 valence electrons.